The molecule has 0 bridgehead atoms. The van der Waals surface area contributed by atoms with Gasteiger partial charge in [-0.3, -0.25) is 4.98 Å². The van der Waals surface area contributed by atoms with E-state index >= 15 is 0 Å². The predicted octanol–water partition coefficient (Wildman–Crippen LogP) is 3.06. The average Bonchev–Trinajstić information content (AvgIpc) is 2.41. The van der Waals surface area contributed by atoms with Crippen molar-refractivity contribution in [2.45, 2.75) is 46.7 Å². The Bertz CT molecular complexity index is 405. The lowest BCUT2D eigenvalue weighted by Gasteiger charge is -2.42. The van der Waals surface area contributed by atoms with E-state index in [0.29, 0.717) is 6.04 Å². The molecule has 3 nitrogen and oxygen atoms in total. The first kappa shape index (κ1) is 14.3. The minimum atomic E-state index is 0.616. The molecule has 1 aliphatic heterocycles. The van der Waals surface area contributed by atoms with Crippen LogP contribution in [0.2, 0.25) is 0 Å². The van der Waals surface area contributed by atoms with Gasteiger partial charge in [0, 0.05) is 31.0 Å². The maximum Gasteiger partial charge on any atom is 0.0562 e. The Hall–Kier alpha value is -1.09. The summed E-state index contributed by atoms with van der Waals surface area (Å²) in [6, 6.07) is 5.01. The van der Waals surface area contributed by atoms with Crippen LogP contribution in [0.3, 0.4) is 0 Å². The van der Waals surface area contributed by atoms with Crippen LogP contribution in [0.5, 0.6) is 0 Å². The van der Waals surface area contributed by atoms with E-state index < -0.39 is 0 Å². The Morgan fingerprint density at radius 3 is 2.89 bits per heavy atom. The first-order valence-electron chi connectivity index (χ1n) is 7.54. The second-order valence-corrected chi connectivity index (χ2v) is 6.00. The van der Waals surface area contributed by atoms with Gasteiger partial charge in [-0.2, -0.15) is 0 Å². The van der Waals surface area contributed by atoms with Gasteiger partial charge in [-0.25, -0.2) is 0 Å². The van der Waals surface area contributed by atoms with Crippen molar-refractivity contribution in [3.05, 3.63) is 24.0 Å². The van der Waals surface area contributed by atoms with Crippen LogP contribution < -0.4 is 10.2 Å². The van der Waals surface area contributed by atoms with E-state index in [9.17, 15) is 0 Å². The van der Waals surface area contributed by atoms with E-state index in [-0.39, 0.29) is 0 Å². The number of hydrogen-bond donors (Lipinski definition) is 1. The standard InChI is InChI=1S/C16H27N3/c1-5-17-10-15-9-16(6-7-18-15)19-11-12(2)8-13(3)14(19)4/h6-7,9,12-14,17H,5,8,10-11H2,1-4H3. The number of pyridine rings is 1. The molecule has 1 N–H and O–H groups in total. The molecule has 3 atom stereocenters. The van der Waals surface area contributed by atoms with Gasteiger partial charge in [0.15, 0.2) is 0 Å². The zero-order valence-corrected chi connectivity index (χ0v) is 12.7. The van der Waals surface area contributed by atoms with Crippen LogP contribution in [0.1, 0.15) is 39.8 Å². The van der Waals surface area contributed by atoms with Crippen molar-refractivity contribution in [3.8, 4) is 0 Å². The number of aromatic nitrogens is 1. The highest BCUT2D eigenvalue weighted by Gasteiger charge is 2.28. The van der Waals surface area contributed by atoms with Crippen molar-refractivity contribution >= 4 is 5.69 Å². The molecular formula is C16H27N3. The summed E-state index contributed by atoms with van der Waals surface area (Å²) >= 11 is 0. The van der Waals surface area contributed by atoms with E-state index in [1.807, 2.05) is 6.20 Å². The van der Waals surface area contributed by atoms with Crippen molar-refractivity contribution in [3.63, 3.8) is 0 Å². The lowest BCUT2D eigenvalue weighted by molar-refractivity contribution is 0.297. The first-order chi connectivity index (χ1) is 9.11. The molecule has 2 heterocycles. The quantitative estimate of drug-likeness (QED) is 0.903. The van der Waals surface area contributed by atoms with Crippen molar-refractivity contribution in [1.29, 1.82) is 0 Å². The lowest BCUT2D eigenvalue weighted by Crippen LogP contribution is -2.45. The van der Waals surface area contributed by atoms with Crippen LogP contribution in [0.15, 0.2) is 18.3 Å². The Morgan fingerprint density at radius 1 is 1.37 bits per heavy atom. The number of nitrogens with one attached hydrogen (secondary N) is 1. The summed E-state index contributed by atoms with van der Waals surface area (Å²) in [6.07, 6.45) is 3.28. The highest BCUT2D eigenvalue weighted by molar-refractivity contribution is 5.48. The molecule has 1 aliphatic rings. The second-order valence-electron chi connectivity index (χ2n) is 6.00. The topological polar surface area (TPSA) is 28.2 Å². The maximum absolute atomic E-state index is 4.45. The molecule has 1 aromatic rings. The monoisotopic (exact) mass is 261 g/mol. The minimum absolute atomic E-state index is 0.616. The van der Waals surface area contributed by atoms with Gasteiger partial charge < -0.3 is 10.2 Å². The van der Waals surface area contributed by atoms with E-state index in [4.69, 9.17) is 0 Å². The van der Waals surface area contributed by atoms with Crippen LogP contribution in [0.25, 0.3) is 0 Å². The third-order valence-electron chi connectivity index (χ3n) is 4.29. The Kier molecular flexibility index (Phi) is 4.81. The van der Waals surface area contributed by atoms with E-state index in [2.05, 4.69) is 55.0 Å². The molecule has 0 radical (unpaired) electrons. The fraction of sp³-hybridized carbons (Fsp3) is 0.688. The molecule has 0 spiro atoms. The van der Waals surface area contributed by atoms with Gasteiger partial charge in [0.2, 0.25) is 0 Å². The third kappa shape index (κ3) is 3.47. The molecule has 0 amide bonds. The van der Waals surface area contributed by atoms with Crippen molar-refractivity contribution < 1.29 is 0 Å². The summed E-state index contributed by atoms with van der Waals surface area (Å²) in [5.41, 5.74) is 2.46. The van der Waals surface area contributed by atoms with Gasteiger partial charge in [-0.05, 0) is 43.9 Å². The summed E-state index contributed by atoms with van der Waals surface area (Å²) in [7, 11) is 0. The molecule has 0 aromatic carbocycles. The zero-order chi connectivity index (χ0) is 13.8. The molecule has 0 saturated carbocycles. The van der Waals surface area contributed by atoms with Gasteiger partial charge in [0.1, 0.15) is 0 Å². The normalized spacial score (nSPS) is 27.6. The molecular weight excluding hydrogens is 234 g/mol. The first-order valence-corrected chi connectivity index (χ1v) is 7.54. The fourth-order valence-electron chi connectivity index (χ4n) is 3.05. The van der Waals surface area contributed by atoms with Crippen molar-refractivity contribution in [1.82, 2.24) is 10.3 Å². The third-order valence-corrected chi connectivity index (χ3v) is 4.29. The van der Waals surface area contributed by atoms with Crippen molar-refractivity contribution in [2.75, 3.05) is 18.0 Å². The van der Waals surface area contributed by atoms with Gasteiger partial charge >= 0.3 is 0 Å². The molecule has 3 heteroatoms. The summed E-state index contributed by atoms with van der Waals surface area (Å²) < 4.78 is 0. The van der Waals surface area contributed by atoms with E-state index in [1.54, 1.807) is 0 Å². The molecule has 1 aromatic heterocycles. The van der Waals surface area contributed by atoms with Crippen LogP contribution in [0, 0.1) is 11.8 Å². The minimum Gasteiger partial charge on any atom is -0.368 e. The summed E-state index contributed by atoms with van der Waals surface area (Å²) in [5.74, 6) is 1.53. The SMILES string of the molecule is CCNCc1cc(N2CC(C)CC(C)C2C)ccn1. The number of anilines is 1. The van der Waals surface area contributed by atoms with E-state index in [0.717, 1.165) is 37.2 Å². The lowest BCUT2D eigenvalue weighted by atomic mass is 9.85. The average molecular weight is 261 g/mol. The number of piperidine rings is 1. The van der Waals surface area contributed by atoms with Crippen LogP contribution in [-0.2, 0) is 6.54 Å². The molecule has 106 valence electrons. The summed E-state index contributed by atoms with van der Waals surface area (Å²) in [5, 5.41) is 3.34. The maximum atomic E-state index is 4.45. The second kappa shape index (κ2) is 6.38. The smallest absolute Gasteiger partial charge is 0.0562 e. The highest BCUT2D eigenvalue weighted by atomic mass is 15.2. The predicted molar refractivity (Wildman–Crippen MR) is 81.4 cm³/mol. The Labute approximate surface area is 117 Å². The summed E-state index contributed by atoms with van der Waals surface area (Å²) in [4.78, 5) is 7.00. The Morgan fingerprint density at radius 2 is 2.16 bits per heavy atom. The Balaban J connectivity index is 2.15. The number of nitrogens with zero attached hydrogens (tertiary/aromatic N) is 2. The van der Waals surface area contributed by atoms with E-state index in [1.165, 1.54) is 12.1 Å². The van der Waals surface area contributed by atoms with Gasteiger partial charge in [-0.1, -0.05) is 20.8 Å². The van der Waals surface area contributed by atoms with Crippen LogP contribution >= 0.6 is 0 Å². The molecule has 1 saturated heterocycles. The molecule has 1 fully saturated rings. The van der Waals surface area contributed by atoms with Gasteiger partial charge in [0.25, 0.3) is 0 Å². The fourth-order valence-corrected chi connectivity index (χ4v) is 3.05. The molecule has 19 heavy (non-hydrogen) atoms. The number of rotatable bonds is 4. The number of hydrogen-bond acceptors (Lipinski definition) is 3. The summed E-state index contributed by atoms with van der Waals surface area (Å²) in [6.45, 7) is 12.2. The van der Waals surface area contributed by atoms with Crippen LogP contribution in [0.4, 0.5) is 5.69 Å². The zero-order valence-electron chi connectivity index (χ0n) is 12.7. The van der Waals surface area contributed by atoms with Gasteiger partial charge in [-0.15, -0.1) is 0 Å². The largest absolute Gasteiger partial charge is 0.368 e. The molecule has 2 rings (SSSR count). The van der Waals surface area contributed by atoms with Crippen molar-refractivity contribution in [2.24, 2.45) is 11.8 Å². The molecule has 3 unspecified atom stereocenters. The highest BCUT2D eigenvalue weighted by Crippen LogP contribution is 2.31. The van der Waals surface area contributed by atoms with Gasteiger partial charge in [0.05, 0.1) is 5.69 Å². The molecule has 0 aliphatic carbocycles. The van der Waals surface area contributed by atoms with Crippen LogP contribution in [-0.4, -0.2) is 24.1 Å².